The van der Waals surface area contributed by atoms with Gasteiger partial charge in [-0.05, 0) is 19.8 Å². The molecule has 1 aromatic rings. The number of sulfonamides is 1. The molecule has 1 aliphatic heterocycles. The molecule has 0 unspecified atom stereocenters. The summed E-state index contributed by atoms with van der Waals surface area (Å²) in [7, 11) is -3.24. The maximum Gasteiger partial charge on any atom is 0.251 e. The standard InChI is InChI=1S/C10H15N3O3S/c1-7-11-8(6-10(14)12-7)9-4-3-5-13(9)17(2,15)16/h6,9H,3-5H2,1-2H3,(H,11,12,14)/t9-/m0/s1. The number of aromatic amines is 1. The Morgan fingerprint density at radius 1 is 1.53 bits per heavy atom. The Labute approximate surface area is 99.7 Å². The fraction of sp³-hybridized carbons (Fsp3) is 0.600. The van der Waals surface area contributed by atoms with E-state index in [2.05, 4.69) is 9.97 Å². The minimum absolute atomic E-state index is 0.243. The summed E-state index contributed by atoms with van der Waals surface area (Å²) in [5, 5.41) is 0. The lowest BCUT2D eigenvalue weighted by Crippen LogP contribution is -2.30. The van der Waals surface area contributed by atoms with E-state index in [9.17, 15) is 13.2 Å². The van der Waals surface area contributed by atoms with Crippen molar-refractivity contribution in [2.75, 3.05) is 12.8 Å². The summed E-state index contributed by atoms with van der Waals surface area (Å²) >= 11 is 0. The van der Waals surface area contributed by atoms with Gasteiger partial charge in [-0.25, -0.2) is 13.4 Å². The van der Waals surface area contributed by atoms with Crippen LogP contribution in [0.5, 0.6) is 0 Å². The van der Waals surface area contributed by atoms with Gasteiger partial charge in [-0.2, -0.15) is 4.31 Å². The van der Waals surface area contributed by atoms with Crippen LogP contribution >= 0.6 is 0 Å². The van der Waals surface area contributed by atoms with Crippen LogP contribution in [0.15, 0.2) is 10.9 Å². The zero-order valence-corrected chi connectivity index (χ0v) is 10.6. The molecule has 0 spiro atoms. The summed E-state index contributed by atoms with van der Waals surface area (Å²) in [6.45, 7) is 2.18. The van der Waals surface area contributed by atoms with Crippen LogP contribution < -0.4 is 5.56 Å². The van der Waals surface area contributed by atoms with Crippen molar-refractivity contribution in [3.63, 3.8) is 0 Å². The summed E-state index contributed by atoms with van der Waals surface area (Å²) in [6.07, 6.45) is 2.69. The molecule has 0 bridgehead atoms. The van der Waals surface area contributed by atoms with Gasteiger partial charge in [0.2, 0.25) is 10.0 Å². The minimum atomic E-state index is -3.24. The van der Waals surface area contributed by atoms with Crippen molar-refractivity contribution in [1.29, 1.82) is 0 Å². The van der Waals surface area contributed by atoms with E-state index in [1.165, 1.54) is 16.6 Å². The van der Waals surface area contributed by atoms with Crippen LogP contribution in [0.2, 0.25) is 0 Å². The molecule has 6 nitrogen and oxygen atoms in total. The summed E-state index contributed by atoms with van der Waals surface area (Å²) in [4.78, 5) is 18.1. The predicted octanol–water partition coefficient (Wildman–Crippen LogP) is 0.175. The van der Waals surface area contributed by atoms with Gasteiger partial charge in [-0.3, -0.25) is 4.79 Å². The second-order valence-electron chi connectivity index (χ2n) is 4.29. The van der Waals surface area contributed by atoms with Crippen LogP contribution in [0.3, 0.4) is 0 Å². The third-order valence-electron chi connectivity index (χ3n) is 2.85. The first-order valence-corrected chi connectivity index (χ1v) is 7.27. The Morgan fingerprint density at radius 3 is 2.82 bits per heavy atom. The van der Waals surface area contributed by atoms with Gasteiger partial charge in [0, 0.05) is 12.6 Å². The average Bonchev–Trinajstić information content (AvgIpc) is 2.63. The number of nitrogens with one attached hydrogen (secondary N) is 1. The van der Waals surface area contributed by atoms with Crippen LogP contribution in [-0.4, -0.2) is 35.5 Å². The van der Waals surface area contributed by atoms with Gasteiger partial charge in [0.05, 0.1) is 18.0 Å². The van der Waals surface area contributed by atoms with Crippen molar-refractivity contribution >= 4 is 10.0 Å². The van der Waals surface area contributed by atoms with E-state index in [1.54, 1.807) is 6.92 Å². The molecule has 0 aliphatic carbocycles. The topological polar surface area (TPSA) is 83.1 Å². The molecule has 1 atom stereocenters. The van der Waals surface area contributed by atoms with Gasteiger partial charge < -0.3 is 4.98 Å². The highest BCUT2D eigenvalue weighted by molar-refractivity contribution is 7.88. The number of aryl methyl sites for hydroxylation is 1. The van der Waals surface area contributed by atoms with Crippen molar-refractivity contribution in [3.8, 4) is 0 Å². The van der Waals surface area contributed by atoms with Gasteiger partial charge in [-0.15, -0.1) is 0 Å². The second-order valence-corrected chi connectivity index (χ2v) is 6.22. The van der Waals surface area contributed by atoms with Gasteiger partial charge in [0.1, 0.15) is 5.82 Å². The molecule has 1 N–H and O–H groups in total. The van der Waals surface area contributed by atoms with Gasteiger partial charge in [-0.1, -0.05) is 0 Å². The molecule has 1 saturated heterocycles. The molecule has 1 aliphatic rings. The lowest BCUT2D eigenvalue weighted by Gasteiger charge is -2.21. The highest BCUT2D eigenvalue weighted by atomic mass is 32.2. The maximum atomic E-state index is 11.6. The van der Waals surface area contributed by atoms with Crippen molar-refractivity contribution in [3.05, 3.63) is 27.9 Å². The quantitative estimate of drug-likeness (QED) is 0.819. The molecule has 0 amide bonds. The fourth-order valence-corrected chi connectivity index (χ4v) is 3.34. The van der Waals surface area contributed by atoms with Gasteiger partial charge >= 0.3 is 0 Å². The number of rotatable bonds is 2. The summed E-state index contributed by atoms with van der Waals surface area (Å²) < 4.78 is 24.6. The number of hydrogen-bond donors (Lipinski definition) is 1. The zero-order chi connectivity index (χ0) is 12.6. The van der Waals surface area contributed by atoms with E-state index in [0.717, 1.165) is 6.42 Å². The lowest BCUT2D eigenvalue weighted by atomic mass is 10.1. The van der Waals surface area contributed by atoms with Crippen LogP contribution in [0.4, 0.5) is 0 Å². The van der Waals surface area contributed by atoms with Crippen LogP contribution in [0.1, 0.15) is 30.4 Å². The van der Waals surface area contributed by atoms with Crippen molar-refractivity contribution < 1.29 is 8.42 Å². The summed E-state index contributed by atoms with van der Waals surface area (Å²) in [5.41, 5.74) is 0.294. The molecule has 17 heavy (non-hydrogen) atoms. The minimum Gasteiger partial charge on any atom is -0.311 e. The number of aromatic nitrogens is 2. The first kappa shape index (κ1) is 12.3. The van der Waals surface area contributed by atoms with Crippen LogP contribution in [0, 0.1) is 6.92 Å². The molecule has 94 valence electrons. The molecular weight excluding hydrogens is 242 g/mol. The molecule has 0 radical (unpaired) electrons. The van der Waals surface area contributed by atoms with E-state index < -0.39 is 10.0 Å². The van der Waals surface area contributed by atoms with E-state index in [1.807, 2.05) is 0 Å². The number of nitrogens with zero attached hydrogens (tertiary/aromatic N) is 2. The monoisotopic (exact) mass is 257 g/mol. The highest BCUT2D eigenvalue weighted by Gasteiger charge is 2.33. The van der Waals surface area contributed by atoms with Crippen molar-refractivity contribution in [2.24, 2.45) is 0 Å². The van der Waals surface area contributed by atoms with E-state index in [-0.39, 0.29) is 11.6 Å². The molecule has 2 rings (SSSR count). The molecule has 2 heterocycles. The largest absolute Gasteiger partial charge is 0.311 e. The predicted molar refractivity (Wildman–Crippen MR) is 63.1 cm³/mol. The lowest BCUT2D eigenvalue weighted by molar-refractivity contribution is 0.393. The first-order valence-electron chi connectivity index (χ1n) is 5.42. The van der Waals surface area contributed by atoms with Crippen LogP contribution in [-0.2, 0) is 10.0 Å². The maximum absolute atomic E-state index is 11.6. The average molecular weight is 257 g/mol. The zero-order valence-electron chi connectivity index (χ0n) is 9.80. The molecule has 0 aromatic carbocycles. The fourth-order valence-electron chi connectivity index (χ4n) is 2.21. The Balaban J connectivity index is 2.42. The molecular formula is C10H15N3O3S. The Morgan fingerprint density at radius 2 is 2.24 bits per heavy atom. The van der Waals surface area contributed by atoms with Crippen molar-refractivity contribution in [2.45, 2.75) is 25.8 Å². The van der Waals surface area contributed by atoms with E-state index in [0.29, 0.717) is 24.5 Å². The Hall–Kier alpha value is -1.21. The Bertz CT molecular complexity index is 579. The third kappa shape index (κ3) is 2.55. The first-order chi connectivity index (χ1) is 7.88. The van der Waals surface area contributed by atoms with Crippen molar-refractivity contribution in [1.82, 2.24) is 14.3 Å². The molecule has 1 aromatic heterocycles. The normalized spacial score (nSPS) is 21.9. The van der Waals surface area contributed by atoms with Gasteiger partial charge in [0.25, 0.3) is 5.56 Å². The third-order valence-corrected chi connectivity index (χ3v) is 4.14. The SMILES string of the molecule is Cc1nc([C@@H]2CCCN2S(C)(=O)=O)cc(=O)[nH]1. The molecule has 7 heteroatoms. The second kappa shape index (κ2) is 4.23. The van der Waals surface area contributed by atoms with Gasteiger partial charge in [0.15, 0.2) is 0 Å². The number of H-pyrrole nitrogens is 1. The molecule has 1 fully saturated rings. The molecule has 0 saturated carbocycles. The highest BCUT2D eigenvalue weighted by Crippen LogP contribution is 2.32. The smallest absolute Gasteiger partial charge is 0.251 e. The Kier molecular flexibility index (Phi) is 3.05. The van der Waals surface area contributed by atoms with E-state index >= 15 is 0 Å². The summed E-state index contributed by atoms with van der Waals surface area (Å²) in [6, 6.07) is 1.08. The van der Waals surface area contributed by atoms with Crippen LogP contribution in [0.25, 0.3) is 0 Å². The number of hydrogen-bond acceptors (Lipinski definition) is 4. The summed E-state index contributed by atoms with van der Waals surface area (Å²) in [5.74, 6) is 0.507. The van der Waals surface area contributed by atoms with E-state index in [4.69, 9.17) is 0 Å².